The molecule has 0 unspecified atom stereocenters. The van der Waals surface area contributed by atoms with Crippen molar-refractivity contribution < 1.29 is 19.4 Å². The lowest BCUT2D eigenvalue weighted by molar-refractivity contribution is -0.138. The predicted molar refractivity (Wildman–Crippen MR) is 55.7 cm³/mol. The summed E-state index contributed by atoms with van der Waals surface area (Å²) in [5.41, 5.74) is 0. The first-order chi connectivity index (χ1) is 6.82. The summed E-state index contributed by atoms with van der Waals surface area (Å²) in [5.74, 6) is -0.819. The zero-order valence-corrected chi connectivity index (χ0v) is 9.69. The molecule has 0 heterocycles. The van der Waals surface area contributed by atoms with E-state index in [0.717, 1.165) is 0 Å². The molecular formula is C10H19NO4. The Morgan fingerprint density at radius 1 is 1.27 bits per heavy atom. The molecule has 5 heteroatoms. The molecule has 0 aliphatic carbocycles. The van der Waals surface area contributed by atoms with Crippen molar-refractivity contribution in [3.05, 3.63) is 0 Å². The molecule has 1 N–H and O–H groups in total. The van der Waals surface area contributed by atoms with Crippen molar-refractivity contribution in [2.75, 3.05) is 13.1 Å². The SMILES string of the molecule is CC(C)CN(CC(=O)O)C(=O)OC(C)C. The van der Waals surface area contributed by atoms with E-state index in [2.05, 4.69) is 0 Å². The number of hydrogen-bond acceptors (Lipinski definition) is 3. The maximum Gasteiger partial charge on any atom is 0.410 e. The molecule has 0 aromatic heterocycles. The van der Waals surface area contributed by atoms with Gasteiger partial charge in [-0.3, -0.25) is 9.69 Å². The van der Waals surface area contributed by atoms with Crippen LogP contribution >= 0.6 is 0 Å². The summed E-state index contributed by atoms with van der Waals surface area (Å²) >= 11 is 0. The Hall–Kier alpha value is -1.26. The van der Waals surface area contributed by atoms with Crippen LogP contribution in [0.1, 0.15) is 27.7 Å². The number of carboxylic acids is 1. The van der Waals surface area contributed by atoms with Crippen molar-refractivity contribution in [1.29, 1.82) is 0 Å². The van der Waals surface area contributed by atoms with E-state index in [1.165, 1.54) is 4.90 Å². The van der Waals surface area contributed by atoms with Gasteiger partial charge in [0.2, 0.25) is 0 Å². The maximum atomic E-state index is 11.5. The van der Waals surface area contributed by atoms with Gasteiger partial charge < -0.3 is 9.84 Å². The molecule has 0 fully saturated rings. The number of hydrogen-bond donors (Lipinski definition) is 1. The molecule has 0 saturated heterocycles. The van der Waals surface area contributed by atoms with Crippen LogP contribution in [0.2, 0.25) is 0 Å². The van der Waals surface area contributed by atoms with E-state index in [-0.39, 0.29) is 18.6 Å². The van der Waals surface area contributed by atoms with Gasteiger partial charge in [0.1, 0.15) is 6.54 Å². The molecule has 0 saturated carbocycles. The fourth-order valence-electron chi connectivity index (χ4n) is 1.08. The Morgan fingerprint density at radius 3 is 2.13 bits per heavy atom. The highest BCUT2D eigenvalue weighted by molar-refractivity contribution is 5.76. The standard InChI is InChI=1S/C10H19NO4/c1-7(2)5-11(6-9(12)13)10(14)15-8(3)4/h7-8H,5-6H2,1-4H3,(H,12,13). The largest absolute Gasteiger partial charge is 0.480 e. The van der Waals surface area contributed by atoms with Gasteiger partial charge in [-0.2, -0.15) is 0 Å². The lowest BCUT2D eigenvalue weighted by Gasteiger charge is -2.23. The number of carbonyl (C=O) groups is 2. The molecule has 0 aliphatic heterocycles. The number of nitrogens with zero attached hydrogens (tertiary/aromatic N) is 1. The van der Waals surface area contributed by atoms with Gasteiger partial charge in [0.05, 0.1) is 6.10 Å². The third kappa shape index (κ3) is 6.76. The van der Waals surface area contributed by atoms with E-state index in [1.54, 1.807) is 13.8 Å². The third-order valence-electron chi connectivity index (χ3n) is 1.51. The lowest BCUT2D eigenvalue weighted by atomic mass is 10.2. The summed E-state index contributed by atoms with van der Waals surface area (Å²) in [4.78, 5) is 23.2. The second-order valence-electron chi connectivity index (χ2n) is 4.10. The zero-order chi connectivity index (χ0) is 12.0. The predicted octanol–water partition coefficient (Wildman–Crippen LogP) is 1.57. The zero-order valence-electron chi connectivity index (χ0n) is 9.69. The van der Waals surface area contributed by atoms with Crippen LogP contribution in [-0.4, -0.2) is 41.3 Å². The molecule has 0 aromatic carbocycles. The van der Waals surface area contributed by atoms with E-state index in [4.69, 9.17) is 9.84 Å². The van der Waals surface area contributed by atoms with Crippen molar-refractivity contribution in [1.82, 2.24) is 4.90 Å². The van der Waals surface area contributed by atoms with E-state index in [9.17, 15) is 9.59 Å². The normalized spacial score (nSPS) is 10.5. The minimum absolute atomic E-state index is 0.212. The molecule has 0 aliphatic rings. The van der Waals surface area contributed by atoms with E-state index >= 15 is 0 Å². The average molecular weight is 217 g/mol. The molecular weight excluding hydrogens is 198 g/mol. The van der Waals surface area contributed by atoms with Gasteiger partial charge in [0.15, 0.2) is 0 Å². The van der Waals surface area contributed by atoms with Crippen LogP contribution in [0.3, 0.4) is 0 Å². The monoisotopic (exact) mass is 217 g/mol. The second kappa shape index (κ2) is 6.27. The summed E-state index contributed by atoms with van der Waals surface area (Å²) in [7, 11) is 0. The van der Waals surface area contributed by atoms with Crippen molar-refractivity contribution >= 4 is 12.1 Å². The maximum absolute atomic E-state index is 11.5. The Morgan fingerprint density at radius 2 is 1.80 bits per heavy atom. The van der Waals surface area contributed by atoms with Crippen LogP contribution in [0, 0.1) is 5.92 Å². The summed E-state index contributed by atoms with van der Waals surface area (Å²) in [5, 5.41) is 8.63. The van der Waals surface area contributed by atoms with Gasteiger partial charge in [0, 0.05) is 6.54 Å². The van der Waals surface area contributed by atoms with Crippen molar-refractivity contribution in [3.63, 3.8) is 0 Å². The Bertz CT molecular complexity index is 225. The van der Waals surface area contributed by atoms with Crippen LogP contribution in [0.25, 0.3) is 0 Å². The van der Waals surface area contributed by atoms with Crippen LogP contribution < -0.4 is 0 Å². The first-order valence-electron chi connectivity index (χ1n) is 5.00. The molecule has 88 valence electrons. The number of carbonyl (C=O) groups excluding carboxylic acids is 1. The Labute approximate surface area is 90.0 Å². The van der Waals surface area contributed by atoms with Gasteiger partial charge in [-0.25, -0.2) is 4.79 Å². The number of aliphatic carboxylic acids is 1. The number of ether oxygens (including phenoxy) is 1. The lowest BCUT2D eigenvalue weighted by Crippen LogP contribution is -2.39. The minimum atomic E-state index is -1.03. The smallest absolute Gasteiger partial charge is 0.410 e. The Kier molecular flexibility index (Phi) is 5.74. The molecule has 0 atom stereocenters. The molecule has 15 heavy (non-hydrogen) atoms. The van der Waals surface area contributed by atoms with Crippen molar-refractivity contribution in [2.45, 2.75) is 33.8 Å². The molecule has 0 radical (unpaired) electrons. The van der Waals surface area contributed by atoms with Crippen LogP contribution in [0.15, 0.2) is 0 Å². The number of carboxylic acid groups (broad SMARTS) is 1. The van der Waals surface area contributed by atoms with Crippen molar-refractivity contribution in [2.24, 2.45) is 5.92 Å². The fourth-order valence-corrected chi connectivity index (χ4v) is 1.08. The number of amides is 1. The third-order valence-corrected chi connectivity index (χ3v) is 1.51. The van der Waals surface area contributed by atoms with E-state index in [0.29, 0.717) is 6.54 Å². The topological polar surface area (TPSA) is 66.8 Å². The molecule has 0 bridgehead atoms. The van der Waals surface area contributed by atoms with Gasteiger partial charge in [0.25, 0.3) is 0 Å². The summed E-state index contributed by atoms with van der Waals surface area (Å²) in [6.45, 7) is 7.36. The Balaban J connectivity index is 4.33. The van der Waals surface area contributed by atoms with Gasteiger partial charge in [-0.05, 0) is 19.8 Å². The summed E-state index contributed by atoms with van der Waals surface area (Å²) in [6.07, 6.45) is -0.804. The quantitative estimate of drug-likeness (QED) is 0.759. The van der Waals surface area contributed by atoms with Gasteiger partial charge in [-0.1, -0.05) is 13.8 Å². The fraction of sp³-hybridized carbons (Fsp3) is 0.800. The first-order valence-corrected chi connectivity index (χ1v) is 5.00. The van der Waals surface area contributed by atoms with E-state index < -0.39 is 12.1 Å². The van der Waals surface area contributed by atoms with Crippen molar-refractivity contribution in [3.8, 4) is 0 Å². The molecule has 5 nitrogen and oxygen atoms in total. The number of rotatable bonds is 5. The van der Waals surface area contributed by atoms with Gasteiger partial charge >= 0.3 is 12.1 Å². The van der Waals surface area contributed by atoms with Crippen LogP contribution in [0.5, 0.6) is 0 Å². The van der Waals surface area contributed by atoms with E-state index in [1.807, 2.05) is 13.8 Å². The minimum Gasteiger partial charge on any atom is -0.480 e. The second-order valence-corrected chi connectivity index (χ2v) is 4.10. The molecule has 0 rings (SSSR count). The summed E-state index contributed by atoms with van der Waals surface area (Å²) < 4.78 is 4.94. The highest BCUT2D eigenvalue weighted by atomic mass is 16.6. The highest BCUT2D eigenvalue weighted by Crippen LogP contribution is 2.03. The van der Waals surface area contributed by atoms with Gasteiger partial charge in [-0.15, -0.1) is 0 Å². The summed E-state index contributed by atoms with van der Waals surface area (Å²) in [6, 6.07) is 0. The van der Waals surface area contributed by atoms with Crippen LogP contribution in [-0.2, 0) is 9.53 Å². The molecule has 0 aromatic rings. The van der Waals surface area contributed by atoms with Crippen LogP contribution in [0.4, 0.5) is 4.79 Å². The molecule has 0 spiro atoms. The average Bonchev–Trinajstić information content (AvgIpc) is 1.99. The molecule has 1 amide bonds. The highest BCUT2D eigenvalue weighted by Gasteiger charge is 2.19. The first kappa shape index (κ1) is 13.7.